The minimum Gasteiger partial charge on any atom is -0.431 e. The van der Waals surface area contributed by atoms with Crippen molar-refractivity contribution >= 4 is 34.5 Å². The fourth-order valence-corrected chi connectivity index (χ4v) is 3.87. The molecular weight excluding hydrogens is 413 g/mol. The molecule has 4 nitrogen and oxygen atoms in total. The molecule has 30 heavy (non-hydrogen) atoms. The maximum Gasteiger partial charge on any atom is 0.256 e. The zero-order chi connectivity index (χ0) is 21.3. The van der Waals surface area contributed by atoms with Crippen LogP contribution in [-0.2, 0) is 4.79 Å². The van der Waals surface area contributed by atoms with Crippen LogP contribution in [0.2, 0.25) is 0 Å². The second-order valence-electron chi connectivity index (χ2n) is 6.96. The predicted molar refractivity (Wildman–Crippen MR) is 112 cm³/mol. The van der Waals surface area contributed by atoms with E-state index in [1.54, 1.807) is 11.8 Å². The molecule has 2 aromatic carbocycles. The number of hydrogen-bond donors (Lipinski definition) is 1. The Balaban J connectivity index is 1.23. The molecule has 160 valence electrons. The van der Waals surface area contributed by atoms with Crippen molar-refractivity contribution in [3.8, 4) is 0 Å². The Labute approximate surface area is 177 Å². The predicted octanol–water partition coefficient (Wildman–Crippen LogP) is 6.71. The molecule has 0 spiro atoms. The highest BCUT2D eigenvalue weighted by Gasteiger charge is 2.14. The van der Waals surface area contributed by atoms with Crippen LogP contribution in [0.15, 0.2) is 46.0 Å². The number of hydrogen-bond acceptors (Lipinski definition) is 4. The third-order valence-electron chi connectivity index (χ3n) is 4.57. The van der Waals surface area contributed by atoms with Crippen LogP contribution in [0.5, 0.6) is 0 Å². The number of nitrogens with one attached hydrogen (secondary N) is 1. The van der Waals surface area contributed by atoms with Crippen LogP contribution in [0.4, 0.5) is 18.9 Å². The maximum atomic E-state index is 13.5. The number of nitrogens with zero attached hydrogens (tertiary/aromatic N) is 1. The van der Waals surface area contributed by atoms with Gasteiger partial charge in [0.15, 0.2) is 17.2 Å². The standard InChI is InChI=1S/C22H23F3N2O2S/c23-15-13-16(24)21(17(25)14-15)27-20(28)11-5-3-1-2-4-8-12-30-22-26-18-9-6-7-10-19(18)29-22/h6-7,9-10,13-14H,1-5,8,11-12H2,(H,27,28). The van der Waals surface area contributed by atoms with E-state index in [0.717, 1.165) is 49.0 Å². The van der Waals surface area contributed by atoms with E-state index in [9.17, 15) is 18.0 Å². The Morgan fingerprint density at radius 3 is 2.37 bits per heavy atom. The van der Waals surface area contributed by atoms with Crippen LogP contribution in [0, 0.1) is 17.5 Å². The molecule has 0 aliphatic rings. The number of amides is 1. The zero-order valence-electron chi connectivity index (χ0n) is 16.4. The van der Waals surface area contributed by atoms with Crippen LogP contribution in [0.3, 0.4) is 0 Å². The number of carbonyl (C=O) groups excluding carboxylic acids is 1. The van der Waals surface area contributed by atoms with Gasteiger partial charge >= 0.3 is 0 Å². The summed E-state index contributed by atoms with van der Waals surface area (Å²) < 4.78 is 45.6. The molecular formula is C22H23F3N2O2S. The van der Waals surface area contributed by atoms with Gasteiger partial charge in [0.25, 0.3) is 5.22 Å². The van der Waals surface area contributed by atoms with Gasteiger partial charge in [-0.2, -0.15) is 0 Å². The van der Waals surface area contributed by atoms with E-state index < -0.39 is 29.0 Å². The average Bonchev–Trinajstić information content (AvgIpc) is 3.12. The monoisotopic (exact) mass is 436 g/mol. The Hall–Kier alpha value is -2.48. The van der Waals surface area contributed by atoms with Crippen molar-refractivity contribution in [3.63, 3.8) is 0 Å². The molecule has 0 saturated heterocycles. The maximum absolute atomic E-state index is 13.5. The molecule has 0 aliphatic carbocycles. The van der Waals surface area contributed by atoms with Gasteiger partial charge in [-0.05, 0) is 25.0 Å². The van der Waals surface area contributed by atoms with Crippen LogP contribution in [-0.4, -0.2) is 16.6 Å². The highest BCUT2D eigenvalue weighted by atomic mass is 32.2. The number of rotatable bonds is 11. The van der Waals surface area contributed by atoms with E-state index in [4.69, 9.17) is 4.42 Å². The molecule has 0 bridgehead atoms. The van der Waals surface area contributed by atoms with Gasteiger partial charge in [-0.3, -0.25) is 4.79 Å². The first-order valence-electron chi connectivity index (χ1n) is 9.95. The highest BCUT2D eigenvalue weighted by Crippen LogP contribution is 2.24. The lowest BCUT2D eigenvalue weighted by Gasteiger charge is -2.08. The summed E-state index contributed by atoms with van der Waals surface area (Å²) in [7, 11) is 0. The van der Waals surface area contributed by atoms with E-state index >= 15 is 0 Å². The van der Waals surface area contributed by atoms with Gasteiger partial charge in [0.2, 0.25) is 5.91 Å². The topological polar surface area (TPSA) is 55.1 Å². The zero-order valence-corrected chi connectivity index (χ0v) is 17.2. The summed E-state index contributed by atoms with van der Waals surface area (Å²) in [5.74, 6) is -2.79. The Kier molecular flexibility index (Phi) is 8.19. The molecule has 8 heteroatoms. The van der Waals surface area contributed by atoms with Gasteiger partial charge < -0.3 is 9.73 Å². The largest absolute Gasteiger partial charge is 0.431 e. The van der Waals surface area contributed by atoms with Crippen molar-refractivity contribution in [1.82, 2.24) is 4.98 Å². The first kappa shape index (κ1) is 22.2. The lowest BCUT2D eigenvalue weighted by Crippen LogP contribution is -2.14. The number of oxazole rings is 1. The summed E-state index contributed by atoms with van der Waals surface area (Å²) in [6.45, 7) is 0. The number of carbonyl (C=O) groups is 1. The Morgan fingerprint density at radius 2 is 1.63 bits per heavy atom. The quantitative estimate of drug-likeness (QED) is 0.268. The van der Waals surface area contributed by atoms with Crippen molar-refractivity contribution in [2.75, 3.05) is 11.1 Å². The number of halogens is 3. The summed E-state index contributed by atoms with van der Waals surface area (Å²) in [6, 6.07) is 8.77. The smallest absolute Gasteiger partial charge is 0.256 e. The second kappa shape index (κ2) is 11.1. The first-order valence-corrected chi connectivity index (χ1v) is 10.9. The van der Waals surface area contributed by atoms with Crippen molar-refractivity contribution in [2.24, 2.45) is 0 Å². The van der Waals surface area contributed by atoms with E-state index in [2.05, 4.69) is 10.3 Å². The summed E-state index contributed by atoms with van der Waals surface area (Å²) in [6.07, 6.45) is 5.83. The van der Waals surface area contributed by atoms with E-state index in [1.165, 1.54) is 0 Å². The van der Waals surface area contributed by atoms with E-state index in [-0.39, 0.29) is 6.42 Å². The average molecular weight is 436 g/mol. The van der Waals surface area contributed by atoms with Gasteiger partial charge in [0.05, 0.1) is 0 Å². The van der Waals surface area contributed by atoms with Gasteiger partial charge in [0.1, 0.15) is 17.0 Å². The molecule has 1 N–H and O–H groups in total. The van der Waals surface area contributed by atoms with E-state index in [1.807, 2.05) is 24.3 Å². The molecule has 0 atom stereocenters. The number of benzene rings is 2. The van der Waals surface area contributed by atoms with Crippen molar-refractivity contribution in [3.05, 3.63) is 53.8 Å². The van der Waals surface area contributed by atoms with Gasteiger partial charge in [-0.25, -0.2) is 18.2 Å². The SMILES string of the molecule is O=C(CCCCCCCCSc1nc2ccccc2o1)Nc1c(F)cc(F)cc1F. The summed E-state index contributed by atoms with van der Waals surface area (Å²) in [5.41, 5.74) is 1.07. The third kappa shape index (κ3) is 6.52. The number of aromatic nitrogens is 1. The highest BCUT2D eigenvalue weighted by molar-refractivity contribution is 7.99. The molecule has 0 unspecified atom stereocenters. The summed E-state index contributed by atoms with van der Waals surface area (Å²) >= 11 is 1.61. The minimum atomic E-state index is -1.11. The Bertz CT molecular complexity index is 937. The number of anilines is 1. The number of thioether (sulfide) groups is 1. The molecule has 1 heterocycles. The van der Waals surface area contributed by atoms with Gasteiger partial charge in [-0.1, -0.05) is 49.6 Å². The molecule has 1 amide bonds. The molecule has 3 aromatic rings. The number of fused-ring (bicyclic) bond motifs is 1. The molecule has 0 radical (unpaired) electrons. The minimum absolute atomic E-state index is 0.170. The molecule has 0 aliphatic heterocycles. The number of para-hydroxylation sites is 2. The summed E-state index contributed by atoms with van der Waals surface area (Å²) in [4.78, 5) is 16.2. The lowest BCUT2D eigenvalue weighted by molar-refractivity contribution is -0.116. The molecule has 0 fully saturated rings. The fraction of sp³-hybridized carbons (Fsp3) is 0.364. The van der Waals surface area contributed by atoms with Crippen LogP contribution >= 0.6 is 11.8 Å². The van der Waals surface area contributed by atoms with Gasteiger partial charge in [0, 0.05) is 24.3 Å². The Morgan fingerprint density at radius 1 is 0.967 bits per heavy atom. The second-order valence-corrected chi connectivity index (χ2v) is 8.01. The van der Waals surface area contributed by atoms with Crippen molar-refractivity contribution < 1.29 is 22.4 Å². The van der Waals surface area contributed by atoms with Crippen molar-refractivity contribution in [1.29, 1.82) is 0 Å². The van der Waals surface area contributed by atoms with Crippen molar-refractivity contribution in [2.45, 2.75) is 50.2 Å². The lowest BCUT2D eigenvalue weighted by atomic mass is 10.1. The molecule has 3 rings (SSSR count). The fourth-order valence-electron chi connectivity index (χ4n) is 3.03. The third-order valence-corrected chi connectivity index (χ3v) is 5.48. The van der Waals surface area contributed by atoms with Gasteiger partial charge in [-0.15, -0.1) is 0 Å². The van der Waals surface area contributed by atoms with Crippen LogP contribution in [0.25, 0.3) is 11.1 Å². The molecule has 0 saturated carbocycles. The van der Waals surface area contributed by atoms with E-state index in [0.29, 0.717) is 23.8 Å². The van der Waals surface area contributed by atoms with Crippen LogP contribution in [0.1, 0.15) is 44.9 Å². The molecule has 1 aromatic heterocycles. The van der Waals surface area contributed by atoms with Crippen LogP contribution < -0.4 is 5.32 Å². The number of unbranched alkanes of at least 4 members (excludes halogenated alkanes) is 5. The normalized spacial score (nSPS) is 11.2. The summed E-state index contributed by atoms with van der Waals surface area (Å²) in [5, 5.41) is 2.87. The first-order chi connectivity index (χ1) is 14.5.